The zero-order chi connectivity index (χ0) is 17.7. The minimum Gasteiger partial charge on any atom is -0.340 e. The number of aromatic nitrogens is 4. The Bertz CT molecular complexity index is 916. The second-order valence-electron chi connectivity index (χ2n) is 7.00. The molecule has 24 heavy (non-hydrogen) atoms. The summed E-state index contributed by atoms with van der Waals surface area (Å²) in [5.74, 6) is 0.451. The van der Waals surface area contributed by atoms with Crippen molar-refractivity contribution in [3.05, 3.63) is 16.6 Å². The van der Waals surface area contributed by atoms with E-state index in [0.717, 1.165) is 0 Å². The van der Waals surface area contributed by atoms with Crippen molar-refractivity contribution in [1.82, 2.24) is 24.1 Å². The van der Waals surface area contributed by atoms with Crippen molar-refractivity contribution in [2.45, 2.75) is 26.3 Å². The molecule has 1 N–H and O–H groups in total. The van der Waals surface area contributed by atoms with E-state index in [4.69, 9.17) is 0 Å². The Balaban J connectivity index is 1.95. The predicted molar refractivity (Wildman–Crippen MR) is 91.8 cm³/mol. The molecule has 0 amide bonds. The van der Waals surface area contributed by atoms with Crippen molar-refractivity contribution in [2.75, 3.05) is 37.3 Å². The highest BCUT2D eigenvalue weighted by Gasteiger charge is 2.26. The first kappa shape index (κ1) is 16.9. The Kier molecular flexibility index (Phi) is 3.91. The third-order valence-corrected chi connectivity index (χ3v) is 5.37. The average molecular weight is 354 g/mol. The molecule has 0 radical (unpaired) electrons. The lowest BCUT2D eigenvalue weighted by atomic mass is 10.1. The Morgan fingerprint density at radius 2 is 1.79 bits per heavy atom. The van der Waals surface area contributed by atoms with E-state index in [2.05, 4.69) is 15.1 Å². The molecule has 3 rings (SSSR count). The zero-order valence-corrected chi connectivity index (χ0v) is 15.1. The molecule has 132 valence electrons. The Hall–Kier alpha value is -1.94. The SMILES string of the molecule is CC(C)(C)n1ncc2c(=O)[nH]c(N3CCN(S(C)(=O)=O)CC3)nc21. The summed E-state index contributed by atoms with van der Waals surface area (Å²) in [6, 6.07) is 0. The van der Waals surface area contributed by atoms with Gasteiger partial charge in [-0.2, -0.15) is 14.4 Å². The van der Waals surface area contributed by atoms with Gasteiger partial charge in [0, 0.05) is 26.2 Å². The van der Waals surface area contributed by atoms with E-state index in [-0.39, 0.29) is 11.1 Å². The standard InChI is InChI=1S/C14H22N6O3S/c1-14(2,3)20-11-10(9-15-20)12(21)17-13(16-11)18-5-7-19(8-6-18)24(4,22)23/h9H,5-8H2,1-4H3,(H,16,17,21). The number of sulfonamides is 1. The van der Waals surface area contributed by atoms with Gasteiger partial charge in [-0.25, -0.2) is 13.1 Å². The number of piperazine rings is 1. The van der Waals surface area contributed by atoms with Crippen LogP contribution in [0, 0.1) is 0 Å². The highest BCUT2D eigenvalue weighted by Crippen LogP contribution is 2.20. The molecule has 1 aliphatic heterocycles. The van der Waals surface area contributed by atoms with Gasteiger partial charge in [0.25, 0.3) is 5.56 Å². The summed E-state index contributed by atoms with van der Waals surface area (Å²) in [5, 5.41) is 4.73. The fourth-order valence-electron chi connectivity index (χ4n) is 2.78. The smallest absolute Gasteiger partial charge is 0.263 e. The third-order valence-electron chi connectivity index (χ3n) is 4.07. The second-order valence-corrected chi connectivity index (χ2v) is 8.99. The van der Waals surface area contributed by atoms with E-state index < -0.39 is 10.0 Å². The molecule has 0 aliphatic carbocycles. The largest absolute Gasteiger partial charge is 0.340 e. The number of hydrogen-bond donors (Lipinski definition) is 1. The highest BCUT2D eigenvalue weighted by molar-refractivity contribution is 7.88. The van der Waals surface area contributed by atoms with E-state index in [1.165, 1.54) is 16.8 Å². The number of rotatable bonds is 2. The summed E-state index contributed by atoms with van der Waals surface area (Å²) in [6.45, 7) is 7.68. The van der Waals surface area contributed by atoms with Gasteiger partial charge in [-0.1, -0.05) is 0 Å². The van der Waals surface area contributed by atoms with Gasteiger partial charge in [0.05, 0.1) is 18.0 Å². The molecular formula is C14H22N6O3S. The predicted octanol–water partition coefficient (Wildman–Crippen LogP) is -0.0438. The van der Waals surface area contributed by atoms with Crippen LogP contribution in [0.1, 0.15) is 20.8 Å². The summed E-state index contributed by atoms with van der Waals surface area (Å²) >= 11 is 0. The fraction of sp³-hybridized carbons (Fsp3) is 0.643. The number of H-pyrrole nitrogens is 1. The molecule has 0 aromatic carbocycles. The van der Waals surface area contributed by atoms with Crippen molar-refractivity contribution < 1.29 is 8.42 Å². The average Bonchev–Trinajstić information content (AvgIpc) is 2.91. The summed E-state index contributed by atoms with van der Waals surface area (Å²) < 4.78 is 26.4. The molecule has 0 saturated carbocycles. The van der Waals surface area contributed by atoms with Gasteiger partial charge in [0.1, 0.15) is 5.39 Å². The van der Waals surface area contributed by atoms with Crippen LogP contribution in [-0.2, 0) is 15.6 Å². The first-order chi connectivity index (χ1) is 11.1. The lowest BCUT2D eigenvalue weighted by molar-refractivity contribution is 0.365. The minimum atomic E-state index is -3.19. The van der Waals surface area contributed by atoms with Crippen molar-refractivity contribution in [3.63, 3.8) is 0 Å². The quantitative estimate of drug-likeness (QED) is 0.811. The normalized spacial score (nSPS) is 17.6. The van der Waals surface area contributed by atoms with Gasteiger partial charge in [0.15, 0.2) is 5.65 Å². The number of aromatic amines is 1. The van der Waals surface area contributed by atoms with Gasteiger partial charge >= 0.3 is 0 Å². The second kappa shape index (κ2) is 5.55. The summed E-state index contributed by atoms with van der Waals surface area (Å²) in [7, 11) is -3.19. The van der Waals surface area contributed by atoms with E-state index in [9.17, 15) is 13.2 Å². The molecule has 0 bridgehead atoms. The molecule has 9 nitrogen and oxygen atoms in total. The molecule has 10 heteroatoms. The van der Waals surface area contributed by atoms with Gasteiger partial charge in [0.2, 0.25) is 16.0 Å². The molecule has 2 aromatic heterocycles. The van der Waals surface area contributed by atoms with Crippen LogP contribution < -0.4 is 10.5 Å². The minimum absolute atomic E-state index is 0.240. The number of hydrogen-bond acceptors (Lipinski definition) is 6. The molecule has 1 fully saturated rings. The molecular weight excluding hydrogens is 332 g/mol. The van der Waals surface area contributed by atoms with Gasteiger partial charge in [-0.05, 0) is 20.8 Å². The van der Waals surface area contributed by atoms with Crippen LogP contribution in [0.15, 0.2) is 11.0 Å². The van der Waals surface area contributed by atoms with E-state index in [1.807, 2.05) is 25.7 Å². The maximum absolute atomic E-state index is 12.3. The summed E-state index contributed by atoms with van der Waals surface area (Å²) in [4.78, 5) is 21.6. The molecule has 1 saturated heterocycles. The molecule has 0 unspecified atom stereocenters. The highest BCUT2D eigenvalue weighted by atomic mass is 32.2. The molecule has 0 spiro atoms. The lowest BCUT2D eigenvalue weighted by Crippen LogP contribution is -2.49. The molecule has 3 heterocycles. The zero-order valence-electron chi connectivity index (χ0n) is 14.3. The van der Waals surface area contributed by atoms with E-state index >= 15 is 0 Å². The van der Waals surface area contributed by atoms with E-state index in [0.29, 0.717) is 43.2 Å². The molecule has 0 atom stereocenters. The van der Waals surface area contributed by atoms with Crippen LogP contribution in [-0.4, -0.2) is 64.9 Å². The Morgan fingerprint density at radius 3 is 2.33 bits per heavy atom. The third kappa shape index (κ3) is 3.03. The van der Waals surface area contributed by atoms with Crippen molar-refractivity contribution >= 4 is 27.0 Å². The van der Waals surface area contributed by atoms with Gasteiger partial charge in [-0.3, -0.25) is 9.78 Å². The van der Waals surface area contributed by atoms with Crippen molar-refractivity contribution in [1.29, 1.82) is 0 Å². The first-order valence-electron chi connectivity index (χ1n) is 7.76. The van der Waals surface area contributed by atoms with E-state index in [1.54, 1.807) is 4.68 Å². The summed E-state index contributed by atoms with van der Waals surface area (Å²) in [6.07, 6.45) is 2.73. The van der Waals surface area contributed by atoms with Crippen LogP contribution >= 0.6 is 0 Å². The maximum atomic E-state index is 12.3. The van der Waals surface area contributed by atoms with Crippen LogP contribution in [0.25, 0.3) is 11.0 Å². The number of anilines is 1. The van der Waals surface area contributed by atoms with Gasteiger partial charge < -0.3 is 4.90 Å². The monoisotopic (exact) mass is 354 g/mol. The van der Waals surface area contributed by atoms with Crippen LogP contribution in [0.2, 0.25) is 0 Å². The Labute approximate surface area is 140 Å². The van der Waals surface area contributed by atoms with Crippen LogP contribution in [0.3, 0.4) is 0 Å². The van der Waals surface area contributed by atoms with Gasteiger partial charge in [-0.15, -0.1) is 0 Å². The number of nitrogens with zero attached hydrogens (tertiary/aromatic N) is 5. The van der Waals surface area contributed by atoms with Crippen molar-refractivity contribution in [3.8, 4) is 0 Å². The summed E-state index contributed by atoms with van der Waals surface area (Å²) in [5.41, 5.74) is -0.00253. The number of nitrogens with one attached hydrogen (secondary N) is 1. The first-order valence-corrected chi connectivity index (χ1v) is 9.61. The Morgan fingerprint density at radius 1 is 1.17 bits per heavy atom. The van der Waals surface area contributed by atoms with Crippen LogP contribution in [0.4, 0.5) is 5.95 Å². The molecule has 2 aromatic rings. The topological polar surface area (TPSA) is 104 Å². The van der Waals surface area contributed by atoms with Crippen LogP contribution in [0.5, 0.6) is 0 Å². The molecule has 1 aliphatic rings. The maximum Gasteiger partial charge on any atom is 0.263 e. The lowest BCUT2D eigenvalue weighted by Gasteiger charge is -2.33. The fourth-order valence-corrected chi connectivity index (χ4v) is 3.61. The van der Waals surface area contributed by atoms with Crippen molar-refractivity contribution in [2.24, 2.45) is 0 Å². The number of fused-ring (bicyclic) bond motifs is 1.